The smallest absolute Gasteiger partial charge is 0.234 e. The fourth-order valence-corrected chi connectivity index (χ4v) is 5.62. The van der Waals surface area contributed by atoms with Gasteiger partial charge in [0.1, 0.15) is 11.5 Å². The fraction of sp³-hybridized carbons (Fsp3) is 0.107. The van der Waals surface area contributed by atoms with E-state index in [9.17, 15) is 9.90 Å². The van der Waals surface area contributed by atoms with E-state index in [-0.39, 0.29) is 17.4 Å². The van der Waals surface area contributed by atoms with Crippen LogP contribution in [0.1, 0.15) is 12.5 Å². The summed E-state index contributed by atoms with van der Waals surface area (Å²) >= 11 is 2.93. The second kappa shape index (κ2) is 10.8. The Kier molecular flexibility index (Phi) is 7.16. The lowest BCUT2D eigenvalue weighted by atomic mass is 10.0. The van der Waals surface area contributed by atoms with Gasteiger partial charge in [-0.3, -0.25) is 9.79 Å². The molecule has 0 saturated heterocycles. The van der Waals surface area contributed by atoms with Crippen LogP contribution in [0.3, 0.4) is 0 Å². The first-order valence-electron chi connectivity index (χ1n) is 11.4. The molecular weight excluding hydrogens is 490 g/mol. The monoisotopic (exact) mass is 513 g/mol. The summed E-state index contributed by atoms with van der Waals surface area (Å²) in [6, 6.07) is 24.6. The maximum Gasteiger partial charge on any atom is 0.234 e. The van der Waals surface area contributed by atoms with E-state index < -0.39 is 0 Å². The SMILES string of the molecule is CCOc1ccc(NC(=O)CSc2nc3ccc(N=Cc4c(O)ccc5ccccc45)cc3s2)cc1. The van der Waals surface area contributed by atoms with Gasteiger partial charge in [-0.15, -0.1) is 11.3 Å². The molecule has 0 fully saturated rings. The summed E-state index contributed by atoms with van der Waals surface area (Å²) in [6.45, 7) is 2.53. The van der Waals surface area contributed by atoms with Crippen molar-refractivity contribution in [2.45, 2.75) is 11.3 Å². The largest absolute Gasteiger partial charge is 0.507 e. The normalized spacial score (nSPS) is 11.4. The Hall–Kier alpha value is -3.88. The number of aromatic nitrogens is 1. The number of fused-ring (bicyclic) bond motifs is 2. The maximum atomic E-state index is 12.4. The van der Waals surface area contributed by atoms with Gasteiger partial charge in [0.25, 0.3) is 0 Å². The van der Waals surface area contributed by atoms with Crippen LogP contribution in [-0.2, 0) is 4.79 Å². The van der Waals surface area contributed by atoms with Gasteiger partial charge in [-0.05, 0) is 66.2 Å². The molecule has 0 aliphatic rings. The number of aliphatic imine (C=N–C) groups is 1. The van der Waals surface area contributed by atoms with Crippen LogP contribution in [0.2, 0.25) is 0 Å². The number of carbonyl (C=O) groups is 1. The van der Waals surface area contributed by atoms with E-state index in [1.807, 2.05) is 79.7 Å². The van der Waals surface area contributed by atoms with Crippen molar-refractivity contribution in [2.75, 3.05) is 17.7 Å². The average molecular weight is 514 g/mol. The van der Waals surface area contributed by atoms with Crippen LogP contribution in [0.15, 0.2) is 88.2 Å². The number of aromatic hydroxyl groups is 1. The van der Waals surface area contributed by atoms with Gasteiger partial charge in [0.05, 0.1) is 28.3 Å². The maximum absolute atomic E-state index is 12.4. The molecule has 1 aromatic heterocycles. The minimum atomic E-state index is -0.0939. The number of nitrogens with zero attached hydrogens (tertiary/aromatic N) is 2. The summed E-state index contributed by atoms with van der Waals surface area (Å²) in [4.78, 5) is 21.6. The number of ether oxygens (including phenoxy) is 1. The van der Waals surface area contributed by atoms with Gasteiger partial charge < -0.3 is 15.2 Å². The highest BCUT2D eigenvalue weighted by Crippen LogP contribution is 2.32. The lowest BCUT2D eigenvalue weighted by Gasteiger charge is -2.06. The zero-order valence-corrected chi connectivity index (χ0v) is 21.1. The minimum Gasteiger partial charge on any atom is -0.507 e. The van der Waals surface area contributed by atoms with Crippen LogP contribution in [-0.4, -0.2) is 34.6 Å². The van der Waals surface area contributed by atoms with Crippen molar-refractivity contribution < 1.29 is 14.6 Å². The lowest BCUT2D eigenvalue weighted by Crippen LogP contribution is -2.13. The zero-order chi connectivity index (χ0) is 24.9. The molecule has 0 spiro atoms. The summed E-state index contributed by atoms with van der Waals surface area (Å²) in [7, 11) is 0. The number of phenolic OH excluding ortho intramolecular Hbond substituents is 1. The summed E-state index contributed by atoms with van der Waals surface area (Å²) in [5.41, 5.74) is 3.05. The van der Waals surface area contributed by atoms with E-state index in [1.165, 1.54) is 23.1 Å². The van der Waals surface area contributed by atoms with Crippen LogP contribution in [0.4, 0.5) is 11.4 Å². The third kappa shape index (κ3) is 5.50. The first kappa shape index (κ1) is 23.8. The van der Waals surface area contributed by atoms with Crippen LogP contribution in [0.5, 0.6) is 11.5 Å². The van der Waals surface area contributed by atoms with E-state index in [0.29, 0.717) is 12.2 Å². The highest BCUT2D eigenvalue weighted by molar-refractivity contribution is 8.01. The molecule has 0 bridgehead atoms. The molecular formula is C28H23N3O3S2. The second-order valence-corrected chi connectivity index (χ2v) is 10.2. The molecule has 0 aliphatic heterocycles. The molecule has 36 heavy (non-hydrogen) atoms. The Balaban J connectivity index is 1.25. The molecule has 2 N–H and O–H groups in total. The molecule has 0 saturated carbocycles. The van der Waals surface area contributed by atoms with Gasteiger partial charge in [0.2, 0.25) is 5.91 Å². The molecule has 8 heteroatoms. The molecule has 5 aromatic rings. The molecule has 4 aromatic carbocycles. The van der Waals surface area contributed by atoms with Crippen LogP contribution in [0, 0.1) is 0 Å². The number of benzene rings is 4. The van der Waals surface area contributed by atoms with Crippen molar-refractivity contribution in [3.63, 3.8) is 0 Å². The van der Waals surface area contributed by atoms with E-state index >= 15 is 0 Å². The molecule has 180 valence electrons. The third-order valence-corrected chi connectivity index (χ3v) is 7.58. The number of carbonyl (C=O) groups excluding carboxylic acids is 1. The Morgan fingerprint density at radius 3 is 2.78 bits per heavy atom. The summed E-state index contributed by atoms with van der Waals surface area (Å²) in [5.74, 6) is 1.14. The number of nitrogens with one attached hydrogen (secondary N) is 1. The standard InChI is InChI=1S/C28H23N3O3S2/c1-2-34-21-11-8-19(9-12-21)30-27(33)17-35-28-31-24-13-10-20(15-26(24)36-28)29-16-23-22-6-4-3-5-18(22)7-14-25(23)32/h3-16,32H,2,17H2,1H3,(H,30,33). The Morgan fingerprint density at radius 2 is 1.94 bits per heavy atom. The molecule has 0 aliphatic carbocycles. The van der Waals surface area contributed by atoms with E-state index in [4.69, 9.17) is 4.74 Å². The molecule has 0 atom stereocenters. The van der Waals surface area contributed by atoms with Crippen molar-refractivity contribution in [2.24, 2.45) is 4.99 Å². The quantitative estimate of drug-likeness (QED) is 0.172. The summed E-state index contributed by atoms with van der Waals surface area (Å²) in [5, 5.41) is 15.2. The number of hydrogen-bond acceptors (Lipinski definition) is 7. The van der Waals surface area contributed by atoms with E-state index in [1.54, 1.807) is 12.3 Å². The molecule has 0 unspecified atom stereocenters. The topological polar surface area (TPSA) is 83.8 Å². The van der Waals surface area contributed by atoms with Crippen molar-refractivity contribution in [1.82, 2.24) is 4.98 Å². The van der Waals surface area contributed by atoms with Gasteiger partial charge in [0.15, 0.2) is 4.34 Å². The van der Waals surface area contributed by atoms with Gasteiger partial charge in [0, 0.05) is 17.5 Å². The lowest BCUT2D eigenvalue weighted by molar-refractivity contribution is -0.113. The summed E-state index contributed by atoms with van der Waals surface area (Å²) in [6.07, 6.45) is 1.70. The predicted octanol–water partition coefficient (Wildman–Crippen LogP) is 7.04. The fourth-order valence-electron chi connectivity index (χ4n) is 3.72. The number of phenols is 1. The van der Waals surface area contributed by atoms with Gasteiger partial charge in [-0.1, -0.05) is 42.1 Å². The first-order chi connectivity index (χ1) is 17.6. The Labute approximate surface area is 216 Å². The number of rotatable bonds is 8. The number of thioether (sulfide) groups is 1. The first-order valence-corrected chi connectivity index (χ1v) is 13.2. The number of amides is 1. The van der Waals surface area contributed by atoms with E-state index in [2.05, 4.69) is 15.3 Å². The van der Waals surface area contributed by atoms with Crippen LogP contribution >= 0.6 is 23.1 Å². The van der Waals surface area contributed by atoms with Gasteiger partial charge in [-0.2, -0.15) is 0 Å². The molecule has 0 radical (unpaired) electrons. The minimum absolute atomic E-state index is 0.0939. The van der Waals surface area contributed by atoms with Gasteiger partial charge >= 0.3 is 0 Å². The van der Waals surface area contributed by atoms with Crippen molar-refractivity contribution in [3.05, 3.63) is 84.4 Å². The third-order valence-electron chi connectivity index (χ3n) is 5.42. The van der Waals surface area contributed by atoms with Gasteiger partial charge in [-0.25, -0.2) is 4.98 Å². The predicted molar refractivity (Wildman–Crippen MR) is 149 cm³/mol. The Bertz CT molecular complexity index is 1560. The molecule has 6 nitrogen and oxygen atoms in total. The molecule has 1 amide bonds. The van der Waals surface area contributed by atoms with Crippen molar-refractivity contribution in [3.8, 4) is 11.5 Å². The van der Waals surface area contributed by atoms with Crippen molar-refractivity contribution in [1.29, 1.82) is 0 Å². The highest BCUT2D eigenvalue weighted by Gasteiger charge is 2.10. The number of hydrogen-bond donors (Lipinski definition) is 2. The average Bonchev–Trinajstić information content (AvgIpc) is 3.30. The number of thiazole rings is 1. The highest BCUT2D eigenvalue weighted by atomic mass is 32.2. The molecule has 1 heterocycles. The Morgan fingerprint density at radius 1 is 1.11 bits per heavy atom. The summed E-state index contributed by atoms with van der Waals surface area (Å²) < 4.78 is 7.23. The number of anilines is 1. The second-order valence-electron chi connectivity index (χ2n) is 7.90. The van der Waals surface area contributed by atoms with Crippen LogP contribution in [0.25, 0.3) is 21.0 Å². The van der Waals surface area contributed by atoms with Crippen molar-refractivity contribution >= 4 is 67.6 Å². The van der Waals surface area contributed by atoms with Crippen LogP contribution < -0.4 is 10.1 Å². The van der Waals surface area contributed by atoms with E-state index in [0.717, 1.165) is 42.5 Å². The zero-order valence-electron chi connectivity index (χ0n) is 19.5. The molecule has 5 rings (SSSR count).